The summed E-state index contributed by atoms with van der Waals surface area (Å²) in [5.41, 5.74) is 0.945. The van der Waals surface area contributed by atoms with Gasteiger partial charge in [-0.15, -0.1) is 0 Å². The molecule has 19 heavy (non-hydrogen) atoms. The first kappa shape index (κ1) is 13.6. The van der Waals surface area contributed by atoms with E-state index >= 15 is 0 Å². The minimum Gasteiger partial charge on any atom is -0.350 e. The maximum absolute atomic E-state index is 12.5. The first-order valence-electron chi connectivity index (χ1n) is 5.53. The van der Waals surface area contributed by atoms with Gasteiger partial charge < -0.3 is 5.32 Å². The van der Waals surface area contributed by atoms with E-state index in [9.17, 15) is 8.78 Å². The van der Waals surface area contributed by atoms with E-state index in [0.29, 0.717) is 11.6 Å². The zero-order valence-corrected chi connectivity index (χ0v) is 10.8. The van der Waals surface area contributed by atoms with Crippen molar-refractivity contribution in [3.63, 3.8) is 0 Å². The number of anilines is 1. The Bertz CT molecular complexity index is 560. The fraction of sp³-hybridized carbons (Fsp3) is 0.250. The first-order chi connectivity index (χ1) is 9.04. The number of rotatable bonds is 4. The highest BCUT2D eigenvalue weighted by molar-refractivity contribution is 6.30. The van der Waals surface area contributed by atoms with Crippen molar-refractivity contribution in [2.24, 2.45) is 0 Å². The largest absolute Gasteiger partial charge is 0.350 e. The van der Waals surface area contributed by atoms with Gasteiger partial charge in [0.1, 0.15) is 5.82 Å². The maximum Gasteiger partial charge on any atom is 0.297 e. The number of alkyl halides is 2. The number of aryl methyl sites for hydroxylation is 1. The molecule has 0 amide bonds. The van der Waals surface area contributed by atoms with E-state index in [-0.39, 0.29) is 11.8 Å². The number of benzene rings is 1. The molecule has 7 heteroatoms. The predicted octanol–water partition coefficient (Wildman–Crippen LogP) is 3.38. The molecule has 0 atom stereocenters. The molecule has 0 fully saturated rings. The van der Waals surface area contributed by atoms with Crippen LogP contribution in [0.4, 0.5) is 14.7 Å². The molecular formula is C12H11ClF2N4. The van der Waals surface area contributed by atoms with Crippen LogP contribution in [0.1, 0.15) is 23.6 Å². The number of nitrogens with one attached hydrogen (secondary N) is 1. The van der Waals surface area contributed by atoms with E-state index < -0.39 is 12.2 Å². The van der Waals surface area contributed by atoms with Crippen LogP contribution in [0.2, 0.25) is 5.02 Å². The molecule has 0 saturated heterocycles. The normalized spacial score (nSPS) is 10.8. The molecule has 0 saturated carbocycles. The van der Waals surface area contributed by atoms with Gasteiger partial charge in [0.05, 0.1) is 0 Å². The Hall–Kier alpha value is -1.82. The quantitative estimate of drug-likeness (QED) is 0.935. The monoisotopic (exact) mass is 284 g/mol. The van der Waals surface area contributed by atoms with Crippen molar-refractivity contribution in [2.45, 2.75) is 19.9 Å². The molecule has 1 heterocycles. The Labute approximate surface area is 113 Å². The first-order valence-corrected chi connectivity index (χ1v) is 5.91. The minimum absolute atomic E-state index is 0.137. The number of hydrogen-bond acceptors (Lipinski definition) is 4. The van der Waals surface area contributed by atoms with Crippen LogP contribution < -0.4 is 5.32 Å². The van der Waals surface area contributed by atoms with Gasteiger partial charge in [0.25, 0.3) is 6.43 Å². The topological polar surface area (TPSA) is 50.7 Å². The fourth-order valence-electron chi connectivity index (χ4n) is 1.46. The molecule has 0 spiro atoms. The predicted molar refractivity (Wildman–Crippen MR) is 68.3 cm³/mol. The zero-order chi connectivity index (χ0) is 13.8. The lowest BCUT2D eigenvalue weighted by atomic mass is 10.2. The van der Waals surface area contributed by atoms with E-state index in [1.54, 1.807) is 19.1 Å². The maximum atomic E-state index is 12.5. The van der Waals surface area contributed by atoms with E-state index in [1.165, 1.54) is 0 Å². The number of halogens is 3. The Morgan fingerprint density at radius 1 is 1.16 bits per heavy atom. The van der Waals surface area contributed by atoms with Crippen molar-refractivity contribution in [3.8, 4) is 0 Å². The molecular weight excluding hydrogens is 274 g/mol. The van der Waals surface area contributed by atoms with Crippen LogP contribution in [0.5, 0.6) is 0 Å². The summed E-state index contributed by atoms with van der Waals surface area (Å²) in [7, 11) is 0. The van der Waals surface area contributed by atoms with Gasteiger partial charge in [-0.05, 0) is 24.6 Å². The summed E-state index contributed by atoms with van der Waals surface area (Å²) < 4.78 is 25.1. The molecule has 1 N–H and O–H groups in total. The average Bonchev–Trinajstić information content (AvgIpc) is 2.37. The van der Waals surface area contributed by atoms with Gasteiger partial charge in [0.15, 0.2) is 0 Å². The summed E-state index contributed by atoms with van der Waals surface area (Å²) in [5, 5.41) is 3.52. The molecule has 0 aliphatic heterocycles. The fourth-order valence-corrected chi connectivity index (χ4v) is 1.59. The van der Waals surface area contributed by atoms with Gasteiger partial charge in [-0.3, -0.25) is 0 Å². The number of hydrogen-bond donors (Lipinski definition) is 1. The van der Waals surface area contributed by atoms with Crippen LogP contribution in [0, 0.1) is 6.92 Å². The Morgan fingerprint density at radius 2 is 1.84 bits per heavy atom. The summed E-state index contributed by atoms with van der Waals surface area (Å²) in [6.07, 6.45) is -2.71. The summed E-state index contributed by atoms with van der Waals surface area (Å²) in [6.45, 7) is 1.96. The number of aromatic nitrogens is 3. The lowest BCUT2D eigenvalue weighted by molar-refractivity contribution is 0.140. The number of nitrogens with zero attached hydrogens (tertiary/aromatic N) is 3. The molecule has 100 valence electrons. The third kappa shape index (κ3) is 3.82. The highest BCUT2D eigenvalue weighted by atomic mass is 35.5. The molecule has 0 bridgehead atoms. The molecule has 1 aromatic carbocycles. The Morgan fingerprint density at radius 3 is 2.47 bits per heavy atom. The van der Waals surface area contributed by atoms with Gasteiger partial charge in [0, 0.05) is 11.6 Å². The Balaban J connectivity index is 2.08. The molecule has 0 aliphatic carbocycles. The standard InChI is InChI=1S/C12H11ClF2N4/c1-7-17-11(10(14)15)19-12(18-7)16-6-8-2-4-9(13)5-3-8/h2-5,10H,6H2,1H3,(H,16,17,18,19). The molecule has 4 nitrogen and oxygen atoms in total. The zero-order valence-electron chi connectivity index (χ0n) is 10.1. The molecule has 1 aromatic heterocycles. The van der Waals surface area contributed by atoms with Crippen molar-refractivity contribution in [1.29, 1.82) is 0 Å². The molecule has 0 aliphatic rings. The second-order valence-corrected chi connectivity index (χ2v) is 4.28. The Kier molecular flexibility index (Phi) is 4.21. The highest BCUT2D eigenvalue weighted by Crippen LogP contribution is 2.16. The third-order valence-corrected chi connectivity index (χ3v) is 2.58. The summed E-state index contributed by atoms with van der Waals surface area (Å²) >= 11 is 5.77. The van der Waals surface area contributed by atoms with Crippen LogP contribution >= 0.6 is 11.6 Å². The van der Waals surface area contributed by atoms with E-state index in [4.69, 9.17) is 11.6 Å². The summed E-state index contributed by atoms with van der Waals surface area (Å²) in [5.74, 6) is -0.132. The molecule has 0 radical (unpaired) electrons. The third-order valence-electron chi connectivity index (χ3n) is 2.32. The summed E-state index contributed by atoms with van der Waals surface area (Å²) in [4.78, 5) is 11.2. The lowest BCUT2D eigenvalue weighted by Gasteiger charge is -2.07. The van der Waals surface area contributed by atoms with Gasteiger partial charge >= 0.3 is 0 Å². The van der Waals surface area contributed by atoms with Crippen molar-refractivity contribution < 1.29 is 8.78 Å². The van der Waals surface area contributed by atoms with E-state index in [1.807, 2.05) is 12.1 Å². The second kappa shape index (κ2) is 5.88. The van der Waals surface area contributed by atoms with Crippen LogP contribution in [0.3, 0.4) is 0 Å². The molecule has 2 rings (SSSR count). The van der Waals surface area contributed by atoms with Gasteiger partial charge in [0.2, 0.25) is 11.8 Å². The lowest BCUT2D eigenvalue weighted by Crippen LogP contribution is -2.08. The minimum atomic E-state index is -2.71. The smallest absolute Gasteiger partial charge is 0.297 e. The van der Waals surface area contributed by atoms with Crippen LogP contribution in [-0.2, 0) is 6.54 Å². The van der Waals surface area contributed by atoms with Crippen LogP contribution in [0.25, 0.3) is 0 Å². The highest BCUT2D eigenvalue weighted by Gasteiger charge is 2.13. The van der Waals surface area contributed by atoms with Crippen LogP contribution in [0.15, 0.2) is 24.3 Å². The average molecular weight is 285 g/mol. The van der Waals surface area contributed by atoms with E-state index in [0.717, 1.165) is 5.56 Å². The van der Waals surface area contributed by atoms with Gasteiger partial charge in [-0.1, -0.05) is 23.7 Å². The summed E-state index contributed by atoms with van der Waals surface area (Å²) in [6, 6.07) is 7.17. The van der Waals surface area contributed by atoms with Gasteiger partial charge in [-0.25, -0.2) is 13.8 Å². The van der Waals surface area contributed by atoms with E-state index in [2.05, 4.69) is 20.3 Å². The molecule has 0 unspecified atom stereocenters. The van der Waals surface area contributed by atoms with Crippen molar-refractivity contribution in [2.75, 3.05) is 5.32 Å². The van der Waals surface area contributed by atoms with Crippen molar-refractivity contribution >= 4 is 17.5 Å². The molecule has 2 aromatic rings. The van der Waals surface area contributed by atoms with Gasteiger partial charge in [-0.2, -0.15) is 9.97 Å². The van der Waals surface area contributed by atoms with Crippen molar-refractivity contribution in [3.05, 3.63) is 46.5 Å². The van der Waals surface area contributed by atoms with Crippen molar-refractivity contribution in [1.82, 2.24) is 15.0 Å². The van der Waals surface area contributed by atoms with Crippen LogP contribution in [-0.4, -0.2) is 15.0 Å². The SMILES string of the molecule is Cc1nc(NCc2ccc(Cl)cc2)nc(C(F)F)n1. The second-order valence-electron chi connectivity index (χ2n) is 3.85.